The summed E-state index contributed by atoms with van der Waals surface area (Å²) in [5, 5.41) is 3.48. The topological polar surface area (TPSA) is 28.4 Å². The Labute approximate surface area is 134 Å². The molecule has 0 saturated carbocycles. The van der Waals surface area contributed by atoms with Gasteiger partial charge in [-0.3, -0.25) is 4.90 Å². The summed E-state index contributed by atoms with van der Waals surface area (Å²) in [5.41, 5.74) is 0.952. The van der Waals surface area contributed by atoms with Gasteiger partial charge in [-0.1, -0.05) is 17.7 Å². The molecule has 1 fully saturated rings. The second kappa shape index (κ2) is 7.27. The number of benzene rings is 1. The van der Waals surface area contributed by atoms with E-state index in [0.29, 0.717) is 0 Å². The predicted molar refractivity (Wildman–Crippen MR) is 83.7 cm³/mol. The van der Waals surface area contributed by atoms with Crippen LogP contribution in [0.25, 0.3) is 0 Å². The van der Waals surface area contributed by atoms with E-state index in [-0.39, 0.29) is 23.5 Å². The van der Waals surface area contributed by atoms with E-state index < -0.39 is 5.82 Å². The first-order chi connectivity index (χ1) is 9.75. The summed E-state index contributed by atoms with van der Waals surface area (Å²) in [6.45, 7) is 3.71. The molecule has 3 nitrogen and oxygen atoms in total. The molecule has 1 saturated heterocycles. The van der Waals surface area contributed by atoms with Crippen LogP contribution >= 0.6 is 24.0 Å². The quantitative estimate of drug-likeness (QED) is 0.933. The Hall–Kier alpha value is -1.07. The van der Waals surface area contributed by atoms with Crippen LogP contribution in [0.3, 0.4) is 0 Å². The van der Waals surface area contributed by atoms with E-state index in [1.165, 1.54) is 6.07 Å². The zero-order valence-corrected chi connectivity index (χ0v) is 13.0. The van der Waals surface area contributed by atoms with Gasteiger partial charge < -0.3 is 9.73 Å². The fourth-order valence-electron chi connectivity index (χ4n) is 2.62. The van der Waals surface area contributed by atoms with Gasteiger partial charge in [0.15, 0.2) is 0 Å². The van der Waals surface area contributed by atoms with Gasteiger partial charge in [0.1, 0.15) is 11.6 Å². The van der Waals surface area contributed by atoms with Gasteiger partial charge in [-0.05, 0) is 29.8 Å². The third kappa shape index (κ3) is 3.58. The number of halogens is 3. The lowest BCUT2D eigenvalue weighted by atomic mass is 10.0. The fraction of sp³-hybridized carbons (Fsp3) is 0.333. The number of nitrogens with one attached hydrogen (secondary N) is 1. The maximum absolute atomic E-state index is 13.4. The highest BCUT2D eigenvalue weighted by Crippen LogP contribution is 2.31. The van der Waals surface area contributed by atoms with Crippen molar-refractivity contribution in [2.24, 2.45) is 0 Å². The molecule has 0 aliphatic carbocycles. The van der Waals surface area contributed by atoms with Gasteiger partial charge in [0.2, 0.25) is 0 Å². The Morgan fingerprint density at radius 2 is 2.00 bits per heavy atom. The minimum atomic E-state index is -0.395. The molecule has 1 atom stereocenters. The van der Waals surface area contributed by atoms with Crippen LogP contribution < -0.4 is 5.32 Å². The zero-order chi connectivity index (χ0) is 13.9. The van der Waals surface area contributed by atoms with Crippen molar-refractivity contribution in [3.8, 4) is 0 Å². The summed E-state index contributed by atoms with van der Waals surface area (Å²) in [6.07, 6.45) is 1.66. The van der Waals surface area contributed by atoms with Crippen LogP contribution in [0.1, 0.15) is 17.4 Å². The molecule has 0 bridgehead atoms. The summed E-state index contributed by atoms with van der Waals surface area (Å²) in [5.74, 6) is 0.462. The zero-order valence-electron chi connectivity index (χ0n) is 11.4. The van der Waals surface area contributed by atoms with Crippen molar-refractivity contribution < 1.29 is 8.81 Å². The minimum absolute atomic E-state index is 0. The molecule has 6 heteroatoms. The van der Waals surface area contributed by atoms with Crippen molar-refractivity contribution in [3.05, 3.63) is 58.8 Å². The Morgan fingerprint density at radius 3 is 2.62 bits per heavy atom. The standard InChI is InChI=1S/C15H16ClFN2O.ClH/c16-12-10-11(3-4-13(12)17)15(14-2-1-9-20-14)19-7-5-18-6-8-19;/h1-4,9-10,15,18H,5-8H2;1H/t15-;/m1./s1. The van der Waals surface area contributed by atoms with Crippen molar-refractivity contribution >= 4 is 24.0 Å². The summed E-state index contributed by atoms with van der Waals surface area (Å²) in [6, 6.07) is 8.67. The van der Waals surface area contributed by atoms with Crippen LogP contribution in [-0.4, -0.2) is 31.1 Å². The van der Waals surface area contributed by atoms with E-state index in [9.17, 15) is 4.39 Å². The molecule has 0 unspecified atom stereocenters. The fourth-order valence-corrected chi connectivity index (χ4v) is 2.81. The molecule has 0 spiro atoms. The molecule has 3 rings (SSSR count). The smallest absolute Gasteiger partial charge is 0.141 e. The molecule has 1 aromatic heterocycles. The van der Waals surface area contributed by atoms with Crippen molar-refractivity contribution in [1.29, 1.82) is 0 Å². The van der Waals surface area contributed by atoms with Crippen molar-refractivity contribution in [2.45, 2.75) is 6.04 Å². The number of piperazine rings is 1. The molecular formula is C15H17Cl2FN2O. The van der Waals surface area contributed by atoms with Gasteiger partial charge in [0, 0.05) is 26.2 Å². The highest BCUT2D eigenvalue weighted by molar-refractivity contribution is 6.30. The Kier molecular flexibility index (Phi) is 5.65. The van der Waals surface area contributed by atoms with Gasteiger partial charge >= 0.3 is 0 Å². The maximum Gasteiger partial charge on any atom is 0.141 e. The normalized spacial score (nSPS) is 17.2. The van der Waals surface area contributed by atoms with E-state index in [0.717, 1.165) is 37.5 Å². The van der Waals surface area contributed by atoms with E-state index >= 15 is 0 Å². The van der Waals surface area contributed by atoms with E-state index in [1.807, 2.05) is 12.1 Å². The molecule has 0 amide bonds. The molecule has 1 N–H and O–H groups in total. The third-order valence-corrected chi connectivity index (χ3v) is 3.88. The molecule has 0 radical (unpaired) electrons. The van der Waals surface area contributed by atoms with E-state index in [4.69, 9.17) is 16.0 Å². The maximum atomic E-state index is 13.4. The molecular weight excluding hydrogens is 314 g/mol. The SMILES string of the molecule is Cl.Fc1ccc([C@H](c2ccco2)N2CCNCC2)cc1Cl. The van der Waals surface area contributed by atoms with Crippen LogP contribution in [0, 0.1) is 5.82 Å². The Morgan fingerprint density at radius 1 is 1.24 bits per heavy atom. The van der Waals surface area contributed by atoms with Gasteiger partial charge in [0.25, 0.3) is 0 Å². The predicted octanol–water partition coefficient (Wildman–Crippen LogP) is 3.49. The van der Waals surface area contributed by atoms with Gasteiger partial charge in [-0.25, -0.2) is 4.39 Å². The highest BCUT2D eigenvalue weighted by atomic mass is 35.5. The third-order valence-electron chi connectivity index (χ3n) is 3.59. The molecule has 1 aliphatic rings. The average molecular weight is 331 g/mol. The second-order valence-corrected chi connectivity index (χ2v) is 5.28. The van der Waals surface area contributed by atoms with Crippen LogP contribution in [0.15, 0.2) is 41.0 Å². The average Bonchev–Trinajstić information content (AvgIpc) is 2.98. The lowest BCUT2D eigenvalue weighted by molar-refractivity contribution is 0.180. The molecule has 1 aromatic carbocycles. The number of furan rings is 1. The Bertz CT molecular complexity index is 571. The van der Waals surface area contributed by atoms with E-state index in [2.05, 4.69) is 10.2 Å². The van der Waals surface area contributed by atoms with Crippen LogP contribution in [0.5, 0.6) is 0 Å². The number of hydrogen-bond donors (Lipinski definition) is 1. The van der Waals surface area contributed by atoms with Crippen molar-refractivity contribution in [1.82, 2.24) is 10.2 Å². The summed E-state index contributed by atoms with van der Waals surface area (Å²) in [4.78, 5) is 2.32. The molecule has 1 aliphatic heterocycles. The monoisotopic (exact) mass is 330 g/mol. The number of rotatable bonds is 3. The lowest BCUT2D eigenvalue weighted by Crippen LogP contribution is -2.45. The molecule has 114 valence electrons. The van der Waals surface area contributed by atoms with Crippen LogP contribution in [0.2, 0.25) is 5.02 Å². The summed E-state index contributed by atoms with van der Waals surface area (Å²) >= 11 is 5.92. The van der Waals surface area contributed by atoms with Crippen LogP contribution in [0.4, 0.5) is 4.39 Å². The van der Waals surface area contributed by atoms with Gasteiger partial charge in [-0.2, -0.15) is 0 Å². The number of nitrogens with zero attached hydrogens (tertiary/aromatic N) is 1. The van der Waals surface area contributed by atoms with Crippen LogP contribution in [-0.2, 0) is 0 Å². The number of hydrogen-bond acceptors (Lipinski definition) is 3. The van der Waals surface area contributed by atoms with Crippen molar-refractivity contribution in [2.75, 3.05) is 26.2 Å². The van der Waals surface area contributed by atoms with Gasteiger partial charge in [0.05, 0.1) is 17.3 Å². The van der Waals surface area contributed by atoms with Crippen molar-refractivity contribution in [3.63, 3.8) is 0 Å². The summed E-state index contributed by atoms with van der Waals surface area (Å²) in [7, 11) is 0. The lowest BCUT2D eigenvalue weighted by Gasteiger charge is -2.34. The highest BCUT2D eigenvalue weighted by Gasteiger charge is 2.26. The Balaban J connectivity index is 0.00000161. The first kappa shape index (κ1) is 16.3. The molecule has 2 heterocycles. The summed E-state index contributed by atoms with van der Waals surface area (Å²) < 4.78 is 18.9. The van der Waals surface area contributed by atoms with E-state index in [1.54, 1.807) is 18.4 Å². The molecule has 2 aromatic rings. The minimum Gasteiger partial charge on any atom is -0.467 e. The largest absolute Gasteiger partial charge is 0.467 e. The second-order valence-electron chi connectivity index (χ2n) is 4.88. The molecule has 21 heavy (non-hydrogen) atoms. The first-order valence-corrected chi connectivity index (χ1v) is 7.06. The first-order valence-electron chi connectivity index (χ1n) is 6.69. The van der Waals surface area contributed by atoms with Gasteiger partial charge in [-0.15, -0.1) is 12.4 Å².